The molecule has 0 N–H and O–H groups in total. The molecular weight excluding hydrogens is 448 g/mol. The molecule has 2 aliphatic heterocycles. The van der Waals surface area contributed by atoms with E-state index in [1.165, 1.54) is 17.8 Å². The number of hydrogen-bond acceptors (Lipinski definition) is 7. The van der Waals surface area contributed by atoms with E-state index in [4.69, 9.17) is 11.6 Å². The number of piperidine rings is 1. The predicted molar refractivity (Wildman–Crippen MR) is 126 cm³/mol. The van der Waals surface area contributed by atoms with Crippen LogP contribution in [-0.2, 0) is 6.54 Å². The standard InChI is InChI=1S/C22H25ClN6O2S/c23-18-12-16(21(31)28-4-2-1-3-5-28)14-24-20(18)27-8-6-26(7-9-27)15-17-13-19(30)29-10-11-32-22(29)25-17/h10-14H,1-9,15H2. The van der Waals surface area contributed by atoms with E-state index in [2.05, 4.69) is 19.8 Å². The van der Waals surface area contributed by atoms with Crippen LogP contribution in [0.1, 0.15) is 35.3 Å². The van der Waals surface area contributed by atoms with Crippen molar-refractivity contribution in [2.24, 2.45) is 0 Å². The first kappa shape index (κ1) is 21.4. The summed E-state index contributed by atoms with van der Waals surface area (Å²) in [6.07, 6.45) is 6.70. The molecule has 2 fully saturated rings. The number of nitrogens with zero attached hydrogens (tertiary/aromatic N) is 6. The maximum atomic E-state index is 12.7. The van der Waals surface area contributed by atoms with Crippen molar-refractivity contribution in [2.45, 2.75) is 25.8 Å². The molecule has 2 aliphatic rings. The summed E-state index contributed by atoms with van der Waals surface area (Å²) in [4.78, 5) is 41.1. The normalized spacial score (nSPS) is 17.8. The minimum atomic E-state index is -0.0416. The van der Waals surface area contributed by atoms with Gasteiger partial charge in [-0.15, -0.1) is 11.3 Å². The highest BCUT2D eigenvalue weighted by atomic mass is 35.5. The van der Waals surface area contributed by atoms with E-state index in [1.54, 1.807) is 28.9 Å². The summed E-state index contributed by atoms with van der Waals surface area (Å²) in [6, 6.07) is 3.36. The average molecular weight is 473 g/mol. The lowest BCUT2D eigenvalue weighted by Crippen LogP contribution is -2.46. The molecule has 3 aromatic rings. The Kier molecular flexibility index (Phi) is 6.12. The topological polar surface area (TPSA) is 74.0 Å². The molecule has 5 rings (SSSR count). The van der Waals surface area contributed by atoms with Crippen LogP contribution in [-0.4, -0.2) is 69.3 Å². The van der Waals surface area contributed by atoms with E-state index < -0.39 is 0 Å². The molecule has 8 nitrogen and oxygen atoms in total. The lowest BCUT2D eigenvalue weighted by atomic mass is 10.1. The van der Waals surface area contributed by atoms with E-state index in [9.17, 15) is 9.59 Å². The second kappa shape index (κ2) is 9.17. The second-order valence-electron chi connectivity index (χ2n) is 8.29. The molecule has 2 saturated heterocycles. The van der Waals surface area contributed by atoms with Gasteiger partial charge < -0.3 is 9.80 Å². The Labute approximate surface area is 195 Å². The molecule has 32 heavy (non-hydrogen) atoms. The molecule has 0 aliphatic carbocycles. The summed E-state index contributed by atoms with van der Waals surface area (Å²) in [5.74, 6) is 0.736. The van der Waals surface area contributed by atoms with Crippen LogP contribution < -0.4 is 10.5 Å². The lowest BCUT2D eigenvalue weighted by molar-refractivity contribution is 0.0724. The second-order valence-corrected chi connectivity index (χ2v) is 9.57. The van der Waals surface area contributed by atoms with E-state index in [0.717, 1.165) is 68.6 Å². The van der Waals surface area contributed by atoms with Crippen molar-refractivity contribution < 1.29 is 4.79 Å². The number of aromatic nitrogens is 3. The smallest absolute Gasteiger partial charge is 0.258 e. The van der Waals surface area contributed by atoms with E-state index in [1.807, 2.05) is 10.3 Å². The van der Waals surface area contributed by atoms with Gasteiger partial charge in [-0.1, -0.05) is 11.6 Å². The number of likely N-dealkylation sites (tertiary alicyclic amines) is 1. The Morgan fingerprint density at radius 1 is 1.06 bits per heavy atom. The maximum Gasteiger partial charge on any atom is 0.258 e. The van der Waals surface area contributed by atoms with Crippen molar-refractivity contribution in [1.82, 2.24) is 24.2 Å². The van der Waals surface area contributed by atoms with Gasteiger partial charge in [-0.2, -0.15) is 0 Å². The summed E-state index contributed by atoms with van der Waals surface area (Å²) in [7, 11) is 0. The molecule has 0 atom stereocenters. The molecule has 168 valence electrons. The number of thiazole rings is 1. The van der Waals surface area contributed by atoms with Gasteiger partial charge in [-0.3, -0.25) is 18.9 Å². The SMILES string of the molecule is O=C(c1cnc(N2CCN(Cc3cc(=O)n4ccsc4n3)CC2)c(Cl)c1)N1CCCCC1. The van der Waals surface area contributed by atoms with Crippen molar-refractivity contribution in [2.75, 3.05) is 44.2 Å². The van der Waals surface area contributed by atoms with Crippen LogP contribution >= 0.6 is 22.9 Å². The highest BCUT2D eigenvalue weighted by Crippen LogP contribution is 2.26. The first-order chi connectivity index (χ1) is 15.6. The largest absolute Gasteiger partial charge is 0.353 e. The molecular formula is C22H25ClN6O2S. The number of fused-ring (bicyclic) bond motifs is 1. The van der Waals surface area contributed by atoms with Crippen LogP contribution in [0.2, 0.25) is 5.02 Å². The fourth-order valence-electron chi connectivity index (χ4n) is 4.38. The van der Waals surface area contributed by atoms with Gasteiger partial charge in [-0.25, -0.2) is 9.97 Å². The summed E-state index contributed by atoms with van der Waals surface area (Å²) >= 11 is 8.00. The van der Waals surface area contributed by atoms with Gasteiger partial charge in [0.25, 0.3) is 11.5 Å². The predicted octanol–water partition coefficient (Wildman–Crippen LogP) is 2.75. The maximum absolute atomic E-state index is 12.7. The fourth-order valence-corrected chi connectivity index (χ4v) is 5.40. The highest BCUT2D eigenvalue weighted by molar-refractivity contribution is 7.15. The van der Waals surface area contributed by atoms with Gasteiger partial charge >= 0.3 is 0 Å². The molecule has 0 aromatic carbocycles. The Hall–Kier alpha value is -2.49. The van der Waals surface area contributed by atoms with Gasteiger partial charge in [0.05, 0.1) is 16.3 Å². The average Bonchev–Trinajstić information content (AvgIpc) is 3.29. The molecule has 10 heteroatoms. The number of rotatable bonds is 4. The van der Waals surface area contributed by atoms with E-state index >= 15 is 0 Å². The number of amides is 1. The third-order valence-corrected chi connectivity index (χ3v) is 7.16. The van der Waals surface area contributed by atoms with Crippen LogP contribution in [0.3, 0.4) is 0 Å². The third kappa shape index (κ3) is 4.37. The Morgan fingerprint density at radius 2 is 1.84 bits per heavy atom. The minimum Gasteiger partial charge on any atom is -0.353 e. The minimum absolute atomic E-state index is 0.0154. The van der Waals surface area contributed by atoms with Gasteiger partial charge in [0.1, 0.15) is 5.82 Å². The number of pyridine rings is 1. The first-order valence-corrected chi connectivity index (χ1v) is 12.2. The number of anilines is 1. The van der Waals surface area contributed by atoms with Crippen LogP contribution in [0.25, 0.3) is 4.96 Å². The van der Waals surface area contributed by atoms with E-state index in [0.29, 0.717) is 17.1 Å². The number of piperazine rings is 1. The summed E-state index contributed by atoms with van der Waals surface area (Å²) in [6.45, 7) is 5.43. The van der Waals surface area contributed by atoms with Crippen LogP contribution in [0, 0.1) is 0 Å². The monoisotopic (exact) mass is 472 g/mol. The zero-order valence-electron chi connectivity index (χ0n) is 17.7. The molecule has 0 unspecified atom stereocenters. The zero-order chi connectivity index (χ0) is 22.1. The number of carbonyl (C=O) groups excluding carboxylic acids is 1. The molecule has 0 saturated carbocycles. The molecule has 1 amide bonds. The molecule has 3 aromatic heterocycles. The molecule has 0 spiro atoms. The Balaban J connectivity index is 1.21. The molecule has 5 heterocycles. The van der Waals surface area contributed by atoms with Crippen LogP contribution in [0.15, 0.2) is 34.7 Å². The fraction of sp³-hybridized carbons (Fsp3) is 0.455. The van der Waals surface area contributed by atoms with Crippen LogP contribution in [0.4, 0.5) is 5.82 Å². The van der Waals surface area contributed by atoms with Gasteiger partial charge in [0, 0.05) is 69.7 Å². The van der Waals surface area contributed by atoms with E-state index in [-0.39, 0.29) is 11.5 Å². The summed E-state index contributed by atoms with van der Waals surface area (Å²) in [5.41, 5.74) is 1.31. The molecule has 0 bridgehead atoms. The summed E-state index contributed by atoms with van der Waals surface area (Å²) < 4.78 is 1.57. The van der Waals surface area contributed by atoms with Crippen molar-refractivity contribution >= 4 is 39.6 Å². The summed E-state index contributed by atoms with van der Waals surface area (Å²) in [5, 5.41) is 2.38. The first-order valence-electron chi connectivity index (χ1n) is 11.0. The zero-order valence-corrected chi connectivity index (χ0v) is 19.3. The number of hydrogen-bond donors (Lipinski definition) is 0. The van der Waals surface area contributed by atoms with Gasteiger partial charge in [-0.05, 0) is 25.3 Å². The molecule has 0 radical (unpaired) electrons. The highest BCUT2D eigenvalue weighted by Gasteiger charge is 2.23. The number of carbonyl (C=O) groups is 1. The Morgan fingerprint density at radius 3 is 2.59 bits per heavy atom. The quantitative estimate of drug-likeness (QED) is 0.581. The van der Waals surface area contributed by atoms with Crippen molar-refractivity contribution in [1.29, 1.82) is 0 Å². The third-order valence-electron chi connectivity index (χ3n) is 6.13. The van der Waals surface area contributed by atoms with Gasteiger partial charge in [0.15, 0.2) is 4.96 Å². The van der Waals surface area contributed by atoms with Crippen molar-refractivity contribution in [3.63, 3.8) is 0 Å². The van der Waals surface area contributed by atoms with Crippen molar-refractivity contribution in [3.05, 3.63) is 56.5 Å². The number of halogens is 1. The van der Waals surface area contributed by atoms with Gasteiger partial charge in [0.2, 0.25) is 0 Å². The lowest BCUT2D eigenvalue weighted by Gasteiger charge is -2.35. The van der Waals surface area contributed by atoms with Crippen LogP contribution in [0.5, 0.6) is 0 Å². The van der Waals surface area contributed by atoms with Crippen molar-refractivity contribution in [3.8, 4) is 0 Å². The Bertz CT molecular complexity index is 1180.